The molecule has 1 aromatic heterocycles. The fraction of sp³-hybridized carbons (Fsp3) is 0.733. The first-order valence-electron chi connectivity index (χ1n) is 6.96. The van der Waals surface area contributed by atoms with Gasteiger partial charge >= 0.3 is 0 Å². The smallest absolute Gasteiger partial charge is 0.222 e. The van der Waals surface area contributed by atoms with E-state index in [-0.39, 0.29) is 17.2 Å². The third-order valence-electron chi connectivity index (χ3n) is 2.94. The van der Waals surface area contributed by atoms with Crippen molar-refractivity contribution < 1.29 is 9.21 Å². The molecule has 0 spiro atoms. The topological polar surface area (TPSA) is 55.1 Å². The van der Waals surface area contributed by atoms with Crippen molar-refractivity contribution in [1.82, 2.24) is 10.3 Å². The highest BCUT2D eigenvalue weighted by molar-refractivity contribution is 5.77. The zero-order valence-electron chi connectivity index (χ0n) is 13.0. The molecule has 19 heavy (non-hydrogen) atoms. The molecule has 108 valence electrons. The van der Waals surface area contributed by atoms with Gasteiger partial charge in [-0.2, -0.15) is 0 Å². The van der Waals surface area contributed by atoms with Crippen LogP contribution in [0.2, 0.25) is 0 Å². The Bertz CT molecular complexity index is 428. The van der Waals surface area contributed by atoms with Crippen molar-refractivity contribution in [3.8, 4) is 0 Å². The number of carbonyl (C=O) groups excluding carboxylic acids is 1. The van der Waals surface area contributed by atoms with Gasteiger partial charge in [0.1, 0.15) is 5.76 Å². The fourth-order valence-corrected chi connectivity index (χ4v) is 1.65. The first kappa shape index (κ1) is 15.7. The zero-order valence-corrected chi connectivity index (χ0v) is 13.0. The number of hydrogen-bond acceptors (Lipinski definition) is 3. The maximum absolute atomic E-state index is 11.4. The fourth-order valence-electron chi connectivity index (χ4n) is 1.65. The molecule has 0 saturated heterocycles. The van der Waals surface area contributed by atoms with Crippen LogP contribution in [0.25, 0.3) is 0 Å². The van der Waals surface area contributed by atoms with Crippen molar-refractivity contribution in [2.75, 3.05) is 6.54 Å². The average molecular weight is 266 g/mol. The van der Waals surface area contributed by atoms with E-state index >= 15 is 0 Å². The Hall–Kier alpha value is -1.32. The SMILES string of the molecule is Cc1nc(C(C)(C)C)oc1CCCNC(=O)C(C)C. The van der Waals surface area contributed by atoms with Gasteiger partial charge in [-0.1, -0.05) is 34.6 Å². The number of nitrogens with zero attached hydrogens (tertiary/aromatic N) is 1. The molecule has 4 heteroatoms. The highest BCUT2D eigenvalue weighted by Crippen LogP contribution is 2.24. The van der Waals surface area contributed by atoms with Crippen molar-refractivity contribution in [1.29, 1.82) is 0 Å². The lowest BCUT2D eigenvalue weighted by atomic mass is 9.97. The molecular weight excluding hydrogens is 240 g/mol. The molecule has 0 saturated carbocycles. The van der Waals surface area contributed by atoms with E-state index in [0.717, 1.165) is 30.2 Å². The third-order valence-corrected chi connectivity index (χ3v) is 2.94. The van der Waals surface area contributed by atoms with Crippen LogP contribution in [0.1, 0.15) is 58.4 Å². The number of aryl methyl sites for hydroxylation is 2. The Kier molecular flexibility index (Phi) is 5.15. The van der Waals surface area contributed by atoms with Crippen molar-refractivity contribution in [2.45, 2.75) is 59.8 Å². The Morgan fingerprint density at radius 1 is 1.37 bits per heavy atom. The predicted molar refractivity (Wildman–Crippen MR) is 76.1 cm³/mol. The van der Waals surface area contributed by atoms with E-state index in [1.165, 1.54) is 0 Å². The molecule has 4 nitrogen and oxygen atoms in total. The van der Waals surface area contributed by atoms with Crippen LogP contribution in [0.3, 0.4) is 0 Å². The Morgan fingerprint density at radius 3 is 2.47 bits per heavy atom. The standard InChI is InChI=1S/C15H26N2O2/c1-10(2)13(18)16-9-7-8-12-11(3)17-14(19-12)15(4,5)6/h10H,7-9H2,1-6H3,(H,16,18). The van der Waals surface area contributed by atoms with E-state index in [2.05, 4.69) is 31.1 Å². The van der Waals surface area contributed by atoms with Crippen molar-refractivity contribution in [2.24, 2.45) is 5.92 Å². The second-order valence-electron chi connectivity index (χ2n) is 6.33. The van der Waals surface area contributed by atoms with Crippen LogP contribution in [0.5, 0.6) is 0 Å². The van der Waals surface area contributed by atoms with Crippen LogP contribution in [-0.4, -0.2) is 17.4 Å². The normalized spacial score (nSPS) is 11.9. The summed E-state index contributed by atoms with van der Waals surface area (Å²) in [6.45, 7) is 12.7. The Morgan fingerprint density at radius 2 is 2.00 bits per heavy atom. The summed E-state index contributed by atoms with van der Waals surface area (Å²) in [4.78, 5) is 15.9. The quantitative estimate of drug-likeness (QED) is 0.834. The van der Waals surface area contributed by atoms with Crippen molar-refractivity contribution >= 4 is 5.91 Å². The minimum atomic E-state index is -0.0606. The minimum absolute atomic E-state index is 0.0412. The van der Waals surface area contributed by atoms with E-state index in [1.54, 1.807) is 0 Å². The van der Waals surface area contributed by atoms with Gasteiger partial charge in [-0.3, -0.25) is 4.79 Å². The van der Waals surface area contributed by atoms with Crippen LogP contribution in [0.15, 0.2) is 4.42 Å². The first-order valence-corrected chi connectivity index (χ1v) is 6.96. The molecular formula is C15H26N2O2. The summed E-state index contributed by atoms with van der Waals surface area (Å²) in [5, 5.41) is 2.91. The number of carbonyl (C=O) groups is 1. The third kappa shape index (κ3) is 4.69. The molecule has 1 amide bonds. The highest BCUT2D eigenvalue weighted by atomic mass is 16.4. The summed E-state index contributed by atoms with van der Waals surface area (Å²) in [6, 6.07) is 0. The van der Waals surface area contributed by atoms with Crippen molar-refractivity contribution in [3.05, 3.63) is 17.3 Å². The van der Waals surface area contributed by atoms with Crippen LogP contribution in [-0.2, 0) is 16.6 Å². The van der Waals surface area contributed by atoms with E-state index in [0.29, 0.717) is 6.54 Å². The molecule has 1 N–H and O–H groups in total. The molecule has 1 heterocycles. The molecule has 0 unspecified atom stereocenters. The molecule has 1 rings (SSSR count). The van der Waals surface area contributed by atoms with Gasteiger partial charge in [-0.05, 0) is 13.3 Å². The number of amides is 1. The number of aromatic nitrogens is 1. The van der Waals surface area contributed by atoms with Gasteiger partial charge in [-0.15, -0.1) is 0 Å². The molecule has 0 atom stereocenters. The number of hydrogen-bond donors (Lipinski definition) is 1. The molecule has 0 aromatic carbocycles. The summed E-state index contributed by atoms with van der Waals surface area (Å²) in [5.41, 5.74) is 0.898. The van der Waals surface area contributed by atoms with E-state index in [9.17, 15) is 4.79 Å². The number of rotatable bonds is 5. The Balaban J connectivity index is 2.46. The Labute approximate surface area is 116 Å². The summed E-state index contributed by atoms with van der Waals surface area (Å²) < 4.78 is 5.81. The monoisotopic (exact) mass is 266 g/mol. The van der Waals surface area contributed by atoms with E-state index < -0.39 is 0 Å². The molecule has 0 radical (unpaired) electrons. The van der Waals surface area contributed by atoms with E-state index in [1.807, 2.05) is 20.8 Å². The van der Waals surface area contributed by atoms with Gasteiger partial charge in [0.25, 0.3) is 0 Å². The lowest BCUT2D eigenvalue weighted by Gasteiger charge is -2.12. The average Bonchev–Trinajstić information content (AvgIpc) is 2.65. The molecule has 0 fully saturated rings. The lowest BCUT2D eigenvalue weighted by molar-refractivity contribution is -0.123. The van der Waals surface area contributed by atoms with Gasteiger partial charge in [0.15, 0.2) is 5.89 Å². The van der Waals surface area contributed by atoms with Gasteiger partial charge in [0.05, 0.1) is 5.69 Å². The van der Waals surface area contributed by atoms with Gasteiger partial charge < -0.3 is 9.73 Å². The minimum Gasteiger partial charge on any atom is -0.445 e. The molecule has 0 aliphatic carbocycles. The zero-order chi connectivity index (χ0) is 14.6. The number of oxazole rings is 1. The number of nitrogens with one attached hydrogen (secondary N) is 1. The van der Waals surface area contributed by atoms with Gasteiger partial charge in [0.2, 0.25) is 5.91 Å². The van der Waals surface area contributed by atoms with Crippen molar-refractivity contribution in [3.63, 3.8) is 0 Å². The maximum atomic E-state index is 11.4. The van der Waals surface area contributed by atoms with Gasteiger partial charge in [0, 0.05) is 24.3 Å². The van der Waals surface area contributed by atoms with E-state index in [4.69, 9.17) is 4.42 Å². The highest BCUT2D eigenvalue weighted by Gasteiger charge is 2.21. The molecule has 0 bridgehead atoms. The summed E-state index contributed by atoms with van der Waals surface area (Å²) >= 11 is 0. The summed E-state index contributed by atoms with van der Waals surface area (Å²) in [6.07, 6.45) is 1.69. The second-order valence-corrected chi connectivity index (χ2v) is 6.33. The molecule has 0 aliphatic heterocycles. The van der Waals surface area contributed by atoms with Crippen LogP contribution in [0.4, 0.5) is 0 Å². The van der Waals surface area contributed by atoms with Gasteiger partial charge in [-0.25, -0.2) is 4.98 Å². The van der Waals surface area contributed by atoms with Crippen LogP contribution >= 0.6 is 0 Å². The maximum Gasteiger partial charge on any atom is 0.222 e. The van der Waals surface area contributed by atoms with Crippen LogP contribution in [0, 0.1) is 12.8 Å². The van der Waals surface area contributed by atoms with Crippen LogP contribution < -0.4 is 5.32 Å². The summed E-state index contributed by atoms with van der Waals surface area (Å²) in [5.74, 6) is 1.86. The predicted octanol–water partition coefficient (Wildman–Crippen LogP) is 2.99. The first-order chi connectivity index (χ1) is 8.71. The second kappa shape index (κ2) is 6.22. The molecule has 0 aliphatic rings. The summed E-state index contributed by atoms with van der Waals surface area (Å²) in [7, 11) is 0. The molecule has 1 aromatic rings. The largest absolute Gasteiger partial charge is 0.445 e. The lowest BCUT2D eigenvalue weighted by Crippen LogP contribution is -2.28.